The lowest BCUT2D eigenvalue weighted by atomic mass is 10.1. The van der Waals surface area contributed by atoms with Crippen molar-refractivity contribution in [1.29, 1.82) is 0 Å². The van der Waals surface area contributed by atoms with Crippen molar-refractivity contribution in [2.75, 3.05) is 13.1 Å². The van der Waals surface area contributed by atoms with Crippen LogP contribution in [0.2, 0.25) is 0 Å². The Hall–Kier alpha value is -1.56. The maximum absolute atomic E-state index is 10.8. The highest BCUT2D eigenvalue weighted by Crippen LogP contribution is 2.12. The lowest BCUT2D eigenvalue weighted by molar-refractivity contribution is 0.129. The summed E-state index contributed by atoms with van der Waals surface area (Å²) >= 11 is 0. The number of hydrogen-bond acceptors (Lipinski definition) is 3. The second kappa shape index (κ2) is 5.39. The van der Waals surface area contributed by atoms with Gasteiger partial charge >= 0.3 is 6.09 Å². The van der Waals surface area contributed by atoms with E-state index in [0.29, 0.717) is 19.1 Å². The first-order valence-corrected chi connectivity index (χ1v) is 6.29. The molecule has 0 aliphatic carbocycles. The van der Waals surface area contributed by atoms with Gasteiger partial charge in [0.15, 0.2) is 0 Å². The van der Waals surface area contributed by atoms with Crippen molar-refractivity contribution in [3.63, 3.8) is 0 Å². The van der Waals surface area contributed by atoms with Crippen molar-refractivity contribution in [1.82, 2.24) is 20.2 Å². The molecule has 1 amide bonds. The van der Waals surface area contributed by atoms with Gasteiger partial charge in [-0.25, -0.2) is 9.78 Å². The summed E-state index contributed by atoms with van der Waals surface area (Å²) in [4.78, 5) is 19.8. The number of hydrogen-bond donors (Lipinski definition) is 3. The molecule has 1 saturated heterocycles. The van der Waals surface area contributed by atoms with Crippen LogP contribution in [0.5, 0.6) is 0 Å². The third-order valence-corrected chi connectivity index (χ3v) is 3.43. The van der Waals surface area contributed by atoms with Gasteiger partial charge < -0.3 is 20.3 Å². The highest BCUT2D eigenvalue weighted by Gasteiger charge is 2.21. The normalized spacial score (nSPS) is 17.1. The van der Waals surface area contributed by atoms with Gasteiger partial charge in [-0.1, -0.05) is 0 Å². The van der Waals surface area contributed by atoms with Crippen LogP contribution in [0.15, 0.2) is 0 Å². The second-order valence-electron chi connectivity index (χ2n) is 4.82. The van der Waals surface area contributed by atoms with Crippen LogP contribution in [0.25, 0.3) is 0 Å². The van der Waals surface area contributed by atoms with E-state index in [4.69, 9.17) is 5.11 Å². The summed E-state index contributed by atoms with van der Waals surface area (Å²) in [5, 5.41) is 12.3. The lowest BCUT2D eigenvalue weighted by Gasteiger charge is -2.30. The molecular formula is C12H20N4O2. The van der Waals surface area contributed by atoms with E-state index in [1.807, 2.05) is 13.8 Å². The van der Waals surface area contributed by atoms with E-state index in [2.05, 4.69) is 15.3 Å². The van der Waals surface area contributed by atoms with Gasteiger partial charge in [0.25, 0.3) is 0 Å². The summed E-state index contributed by atoms with van der Waals surface area (Å²) in [7, 11) is 0. The first-order chi connectivity index (χ1) is 8.56. The number of H-pyrrole nitrogens is 1. The molecule has 0 radical (unpaired) electrons. The molecule has 1 fully saturated rings. The van der Waals surface area contributed by atoms with Crippen LogP contribution in [0.3, 0.4) is 0 Å². The lowest BCUT2D eigenvalue weighted by Crippen LogP contribution is -2.44. The van der Waals surface area contributed by atoms with E-state index in [9.17, 15) is 4.79 Å². The fraction of sp³-hybridized carbons (Fsp3) is 0.667. The molecule has 0 bridgehead atoms. The van der Waals surface area contributed by atoms with Crippen LogP contribution in [0.1, 0.15) is 30.1 Å². The molecule has 0 saturated carbocycles. The fourth-order valence-electron chi connectivity index (χ4n) is 2.35. The van der Waals surface area contributed by atoms with Crippen molar-refractivity contribution >= 4 is 6.09 Å². The molecule has 1 aliphatic rings. The van der Waals surface area contributed by atoms with Crippen LogP contribution in [0.4, 0.5) is 4.79 Å². The van der Waals surface area contributed by atoms with Gasteiger partial charge in [0.2, 0.25) is 0 Å². The topological polar surface area (TPSA) is 81.2 Å². The number of likely N-dealkylation sites (tertiary alicyclic amines) is 1. The summed E-state index contributed by atoms with van der Waals surface area (Å²) in [5.74, 6) is 0.935. The molecule has 0 spiro atoms. The van der Waals surface area contributed by atoms with Crippen molar-refractivity contribution in [3.05, 3.63) is 17.2 Å². The van der Waals surface area contributed by atoms with Crippen molar-refractivity contribution in [2.24, 2.45) is 0 Å². The molecule has 3 N–H and O–H groups in total. The van der Waals surface area contributed by atoms with E-state index in [1.165, 1.54) is 4.90 Å². The van der Waals surface area contributed by atoms with Gasteiger partial charge in [-0.3, -0.25) is 0 Å². The standard InChI is InChI=1S/C12H20N4O2/c1-8-11(15-9(2)14-8)7-13-10-3-5-16(6-4-10)12(17)18/h10,13H,3-7H2,1-2H3,(H,14,15)(H,17,18). The smallest absolute Gasteiger partial charge is 0.407 e. The quantitative estimate of drug-likeness (QED) is 0.756. The van der Waals surface area contributed by atoms with Crippen LogP contribution in [0, 0.1) is 13.8 Å². The molecule has 1 aromatic rings. The molecule has 2 rings (SSSR count). The number of imidazole rings is 1. The number of carboxylic acid groups (broad SMARTS) is 1. The highest BCUT2D eigenvalue weighted by atomic mass is 16.4. The van der Waals surface area contributed by atoms with Gasteiger partial charge in [0, 0.05) is 31.4 Å². The van der Waals surface area contributed by atoms with Crippen LogP contribution in [-0.4, -0.2) is 45.2 Å². The maximum Gasteiger partial charge on any atom is 0.407 e. The molecular weight excluding hydrogens is 232 g/mol. The van der Waals surface area contributed by atoms with Crippen LogP contribution >= 0.6 is 0 Å². The zero-order valence-corrected chi connectivity index (χ0v) is 10.9. The number of carbonyl (C=O) groups is 1. The Labute approximate surface area is 106 Å². The highest BCUT2D eigenvalue weighted by molar-refractivity contribution is 5.65. The average Bonchev–Trinajstić information content (AvgIpc) is 2.66. The summed E-state index contributed by atoms with van der Waals surface area (Å²) in [5.41, 5.74) is 2.15. The number of amides is 1. The summed E-state index contributed by atoms with van der Waals surface area (Å²) in [6, 6.07) is 0.386. The summed E-state index contributed by atoms with van der Waals surface area (Å²) in [6.07, 6.45) is 0.927. The summed E-state index contributed by atoms with van der Waals surface area (Å²) in [6.45, 7) is 5.94. The predicted octanol–water partition coefficient (Wildman–Crippen LogP) is 1.26. The molecule has 2 heterocycles. The van der Waals surface area contributed by atoms with Gasteiger partial charge in [0.1, 0.15) is 5.82 Å². The number of aromatic amines is 1. The maximum atomic E-state index is 10.8. The molecule has 18 heavy (non-hydrogen) atoms. The number of piperidine rings is 1. The van der Waals surface area contributed by atoms with E-state index in [0.717, 1.165) is 36.6 Å². The first-order valence-electron chi connectivity index (χ1n) is 6.29. The van der Waals surface area contributed by atoms with Gasteiger partial charge in [0.05, 0.1) is 5.69 Å². The fourth-order valence-corrected chi connectivity index (χ4v) is 2.35. The zero-order chi connectivity index (χ0) is 13.1. The Morgan fingerprint density at radius 3 is 2.67 bits per heavy atom. The molecule has 0 atom stereocenters. The second-order valence-corrected chi connectivity index (χ2v) is 4.82. The SMILES string of the molecule is Cc1nc(CNC2CCN(C(=O)O)CC2)c(C)[nH]1. The number of nitrogens with one attached hydrogen (secondary N) is 2. The Bertz CT molecular complexity index is 422. The van der Waals surface area contributed by atoms with E-state index in [-0.39, 0.29) is 0 Å². The average molecular weight is 252 g/mol. The minimum Gasteiger partial charge on any atom is -0.465 e. The zero-order valence-electron chi connectivity index (χ0n) is 10.9. The molecule has 1 aliphatic heterocycles. The molecule has 1 aromatic heterocycles. The third-order valence-electron chi connectivity index (χ3n) is 3.43. The minimum atomic E-state index is -0.813. The Balaban J connectivity index is 1.79. The van der Waals surface area contributed by atoms with Crippen molar-refractivity contribution in [2.45, 2.75) is 39.3 Å². The van der Waals surface area contributed by atoms with E-state index in [1.54, 1.807) is 0 Å². The first kappa shape index (κ1) is 12.9. The molecule has 0 aromatic carbocycles. The van der Waals surface area contributed by atoms with Crippen molar-refractivity contribution < 1.29 is 9.90 Å². The number of aryl methyl sites for hydroxylation is 2. The van der Waals surface area contributed by atoms with E-state index < -0.39 is 6.09 Å². The van der Waals surface area contributed by atoms with E-state index >= 15 is 0 Å². The minimum absolute atomic E-state index is 0.386. The third kappa shape index (κ3) is 3.01. The number of aromatic nitrogens is 2. The Kier molecular flexibility index (Phi) is 3.86. The van der Waals surface area contributed by atoms with Gasteiger partial charge in [-0.2, -0.15) is 0 Å². The monoisotopic (exact) mass is 252 g/mol. The number of nitrogens with zero attached hydrogens (tertiary/aromatic N) is 2. The molecule has 100 valence electrons. The van der Waals surface area contributed by atoms with Crippen LogP contribution < -0.4 is 5.32 Å². The number of rotatable bonds is 3. The van der Waals surface area contributed by atoms with Gasteiger partial charge in [-0.05, 0) is 26.7 Å². The molecule has 6 heteroatoms. The van der Waals surface area contributed by atoms with Crippen LogP contribution in [-0.2, 0) is 6.54 Å². The Morgan fingerprint density at radius 2 is 2.17 bits per heavy atom. The molecule has 0 unspecified atom stereocenters. The Morgan fingerprint density at radius 1 is 1.50 bits per heavy atom. The largest absolute Gasteiger partial charge is 0.465 e. The van der Waals surface area contributed by atoms with Gasteiger partial charge in [-0.15, -0.1) is 0 Å². The van der Waals surface area contributed by atoms with Crippen molar-refractivity contribution in [3.8, 4) is 0 Å². The summed E-state index contributed by atoms with van der Waals surface area (Å²) < 4.78 is 0. The molecule has 6 nitrogen and oxygen atoms in total. The predicted molar refractivity (Wildman–Crippen MR) is 67.5 cm³/mol.